The van der Waals surface area contributed by atoms with Gasteiger partial charge in [-0.05, 0) is 42.3 Å². The second-order valence-corrected chi connectivity index (χ2v) is 8.42. The summed E-state index contributed by atoms with van der Waals surface area (Å²) in [6.07, 6.45) is 0. The van der Waals surface area contributed by atoms with Crippen LogP contribution in [0.4, 0.5) is 5.69 Å². The van der Waals surface area contributed by atoms with E-state index in [1.165, 1.54) is 0 Å². The first-order chi connectivity index (χ1) is 17.5. The molecule has 2 aliphatic heterocycles. The molecule has 5 rings (SSSR count). The zero-order valence-corrected chi connectivity index (χ0v) is 20.0. The first-order valence-electron chi connectivity index (χ1n) is 11.7. The summed E-state index contributed by atoms with van der Waals surface area (Å²) < 4.78 is 16.6. The molecular formula is C29H26N2O5. The van der Waals surface area contributed by atoms with E-state index >= 15 is 0 Å². The van der Waals surface area contributed by atoms with Gasteiger partial charge in [0.05, 0.1) is 19.8 Å². The van der Waals surface area contributed by atoms with Crippen LogP contribution in [0.15, 0.2) is 108 Å². The van der Waals surface area contributed by atoms with Crippen molar-refractivity contribution in [3.63, 3.8) is 0 Å². The van der Waals surface area contributed by atoms with Gasteiger partial charge in [0, 0.05) is 17.2 Å². The Bertz CT molecular complexity index is 1350. The molecule has 0 fully saturated rings. The first-order valence-corrected chi connectivity index (χ1v) is 11.7. The van der Waals surface area contributed by atoms with Gasteiger partial charge in [0.1, 0.15) is 11.3 Å². The molecule has 0 saturated heterocycles. The monoisotopic (exact) mass is 482 g/mol. The molecule has 7 heteroatoms. The highest BCUT2D eigenvalue weighted by atomic mass is 16.5. The van der Waals surface area contributed by atoms with Crippen LogP contribution in [0.1, 0.15) is 30.0 Å². The Hall–Kier alpha value is -4.52. The molecule has 2 N–H and O–H groups in total. The van der Waals surface area contributed by atoms with Crippen molar-refractivity contribution in [3.05, 3.63) is 119 Å². The van der Waals surface area contributed by atoms with Gasteiger partial charge >= 0.3 is 5.97 Å². The maximum Gasteiger partial charge on any atom is 0.340 e. The number of nitrogens with zero attached hydrogens (tertiary/aromatic N) is 1. The minimum absolute atomic E-state index is 0.124. The highest BCUT2D eigenvalue weighted by Gasteiger charge is 2.51. The molecule has 0 spiro atoms. The number of carbonyl (C=O) groups is 2. The van der Waals surface area contributed by atoms with Gasteiger partial charge in [-0.25, -0.2) is 4.79 Å². The topological polar surface area (TPSA) is 91.1 Å². The van der Waals surface area contributed by atoms with E-state index < -0.39 is 17.9 Å². The second-order valence-electron chi connectivity index (χ2n) is 8.42. The van der Waals surface area contributed by atoms with Crippen molar-refractivity contribution in [1.29, 1.82) is 0 Å². The van der Waals surface area contributed by atoms with Crippen molar-refractivity contribution < 1.29 is 23.8 Å². The van der Waals surface area contributed by atoms with Gasteiger partial charge in [0.2, 0.25) is 5.88 Å². The molecule has 0 saturated carbocycles. The zero-order valence-electron chi connectivity index (χ0n) is 20.0. The number of methoxy groups -OCH3 is 1. The number of para-hydroxylation sites is 1. The second kappa shape index (κ2) is 9.62. The van der Waals surface area contributed by atoms with Crippen LogP contribution in [0.2, 0.25) is 0 Å². The Morgan fingerprint density at radius 1 is 0.944 bits per heavy atom. The van der Waals surface area contributed by atoms with Gasteiger partial charge in [0.25, 0.3) is 5.91 Å². The summed E-state index contributed by atoms with van der Waals surface area (Å²) in [5, 5.41) is 0. The van der Waals surface area contributed by atoms with Crippen molar-refractivity contribution in [2.75, 3.05) is 18.6 Å². The Balaban J connectivity index is 1.74. The minimum Gasteiger partial charge on any atom is -0.497 e. The van der Waals surface area contributed by atoms with E-state index in [0.717, 1.165) is 11.1 Å². The van der Waals surface area contributed by atoms with E-state index in [2.05, 4.69) is 0 Å². The van der Waals surface area contributed by atoms with Crippen LogP contribution >= 0.6 is 0 Å². The van der Waals surface area contributed by atoms with Crippen LogP contribution in [0, 0.1) is 0 Å². The molecule has 36 heavy (non-hydrogen) atoms. The number of hydrogen-bond donors (Lipinski definition) is 1. The fraction of sp³-hybridized carbons (Fsp3) is 0.172. The molecule has 2 aliphatic rings. The number of carbonyl (C=O) groups excluding carboxylic acids is 2. The van der Waals surface area contributed by atoms with Gasteiger partial charge in [-0.15, -0.1) is 0 Å². The standard InChI is InChI=1S/C29H26N2O5/c1-3-35-29(33)24-22(18-14-16-21(34-2)17-15-18)23-25(19-10-6-4-7-11-19)31(20-12-8-5-9-13-20)28(32)26(23)36-27(24)30/h4-17,22,25H,3,30H2,1-2H3. The summed E-state index contributed by atoms with van der Waals surface area (Å²) >= 11 is 0. The van der Waals surface area contributed by atoms with E-state index in [1.54, 1.807) is 18.9 Å². The lowest BCUT2D eigenvalue weighted by atomic mass is 9.78. The Labute approximate surface area is 209 Å². The maximum atomic E-state index is 13.9. The lowest BCUT2D eigenvalue weighted by molar-refractivity contribution is -0.139. The minimum atomic E-state index is -0.665. The summed E-state index contributed by atoms with van der Waals surface area (Å²) in [5.41, 5.74) is 9.47. The number of benzene rings is 3. The number of amides is 1. The zero-order chi connectivity index (χ0) is 25.2. The number of anilines is 1. The molecule has 2 heterocycles. The molecule has 3 aromatic rings. The molecule has 0 radical (unpaired) electrons. The average Bonchev–Trinajstić information content (AvgIpc) is 3.20. The van der Waals surface area contributed by atoms with Crippen LogP contribution < -0.4 is 15.4 Å². The maximum absolute atomic E-state index is 13.9. The first kappa shape index (κ1) is 23.2. The molecular weight excluding hydrogens is 456 g/mol. The van der Waals surface area contributed by atoms with Crippen molar-refractivity contribution in [2.24, 2.45) is 5.73 Å². The Morgan fingerprint density at radius 3 is 2.19 bits per heavy atom. The SMILES string of the molecule is CCOC(=O)C1=C(N)OC2=C(C1c1ccc(OC)cc1)C(c1ccccc1)N(c1ccccc1)C2=O. The van der Waals surface area contributed by atoms with Crippen molar-refractivity contribution >= 4 is 17.6 Å². The third kappa shape index (κ3) is 3.88. The lowest BCUT2D eigenvalue weighted by Crippen LogP contribution is -2.30. The summed E-state index contributed by atoms with van der Waals surface area (Å²) in [6, 6.07) is 25.9. The van der Waals surface area contributed by atoms with Gasteiger partial charge in [-0.2, -0.15) is 0 Å². The van der Waals surface area contributed by atoms with Crippen molar-refractivity contribution in [2.45, 2.75) is 18.9 Å². The van der Waals surface area contributed by atoms with E-state index in [4.69, 9.17) is 19.9 Å². The molecule has 1 amide bonds. The van der Waals surface area contributed by atoms with Crippen LogP contribution in [0.3, 0.4) is 0 Å². The van der Waals surface area contributed by atoms with Gasteiger partial charge in [-0.3, -0.25) is 9.69 Å². The lowest BCUT2D eigenvalue weighted by Gasteiger charge is -2.32. The number of rotatable bonds is 6. The predicted octanol–water partition coefficient (Wildman–Crippen LogP) is 4.58. The third-order valence-electron chi connectivity index (χ3n) is 6.40. The Kier molecular flexibility index (Phi) is 6.21. The molecule has 0 aliphatic carbocycles. The van der Waals surface area contributed by atoms with Crippen LogP contribution in [-0.4, -0.2) is 25.6 Å². The fourth-order valence-corrected chi connectivity index (χ4v) is 4.86. The number of ether oxygens (including phenoxy) is 3. The number of hydrogen-bond acceptors (Lipinski definition) is 6. The predicted molar refractivity (Wildman–Crippen MR) is 135 cm³/mol. The van der Waals surface area contributed by atoms with Gasteiger partial charge in [0.15, 0.2) is 5.76 Å². The Morgan fingerprint density at radius 2 is 1.58 bits per heavy atom. The molecule has 0 aromatic heterocycles. The van der Waals surface area contributed by atoms with Crippen molar-refractivity contribution in [3.8, 4) is 5.75 Å². The molecule has 3 aromatic carbocycles. The number of nitrogens with two attached hydrogens (primary N) is 1. The number of esters is 1. The highest BCUT2D eigenvalue weighted by Crippen LogP contribution is 2.52. The average molecular weight is 483 g/mol. The van der Waals surface area contributed by atoms with Gasteiger partial charge < -0.3 is 19.9 Å². The smallest absolute Gasteiger partial charge is 0.340 e. The summed E-state index contributed by atoms with van der Waals surface area (Å²) in [6.45, 7) is 1.91. The molecule has 182 valence electrons. The van der Waals surface area contributed by atoms with E-state index in [-0.39, 0.29) is 29.7 Å². The van der Waals surface area contributed by atoms with E-state index in [1.807, 2.05) is 84.9 Å². The summed E-state index contributed by atoms with van der Waals surface area (Å²) in [5.74, 6) is -0.916. The fourth-order valence-electron chi connectivity index (χ4n) is 4.86. The quantitative estimate of drug-likeness (QED) is 0.517. The van der Waals surface area contributed by atoms with E-state index in [0.29, 0.717) is 17.0 Å². The molecule has 2 atom stereocenters. The summed E-state index contributed by atoms with van der Waals surface area (Å²) in [7, 11) is 1.59. The van der Waals surface area contributed by atoms with Crippen LogP contribution in [0.5, 0.6) is 5.75 Å². The van der Waals surface area contributed by atoms with Crippen LogP contribution in [0.25, 0.3) is 0 Å². The highest BCUT2D eigenvalue weighted by molar-refractivity contribution is 6.10. The molecule has 7 nitrogen and oxygen atoms in total. The van der Waals surface area contributed by atoms with Gasteiger partial charge in [-0.1, -0.05) is 60.7 Å². The van der Waals surface area contributed by atoms with Crippen LogP contribution in [-0.2, 0) is 19.1 Å². The summed E-state index contributed by atoms with van der Waals surface area (Å²) in [4.78, 5) is 28.8. The largest absolute Gasteiger partial charge is 0.497 e. The molecule has 2 unspecified atom stereocenters. The molecule has 0 bridgehead atoms. The third-order valence-corrected chi connectivity index (χ3v) is 6.40. The van der Waals surface area contributed by atoms with E-state index in [9.17, 15) is 9.59 Å². The normalized spacial score (nSPS) is 19.2. The van der Waals surface area contributed by atoms with Crippen molar-refractivity contribution in [1.82, 2.24) is 0 Å².